The predicted octanol–water partition coefficient (Wildman–Crippen LogP) is 2.56. The van der Waals surface area contributed by atoms with E-state index >= 15 is 0 Å². The van der Waals surface area contributed by atoms with Gasteiger partial charge in [0, 0.05) is 11.7 Å². The van der Waals surface area contributed by atoms with Crippen LogP contribution in [0.1, 0.15) is 15.6 Å². The number of fused-ring (bicyclic) bond motifs is 1. The van der Waals surface area contributed by atoms with Gasteiger partial charge in [0.25, 0.3) is 5.91 Å². The van der Waals surface area contributed by atoms with Crippen LogP contribution in [0, 0.1) is 0 Å². The van der Waals surface area contributed by atoms with E-state index in [0.29, 0.717) is 17.3 Å². The zero-order chi connectivity index (χ0) is 13.2. The van der Waals surface area contributed by atoms with Crippen molar-refractivity contribution in [2.75, 3.05) is 7.05 Å². The summed E-state index contributed by atoms with van der Waals surface area (Å²) in [5, 5.41) is 4.61. The molecule has 1 amide bonds. The van der Waals surface area contributed by atoms with Crippen molar-refractivity contribution >= 4 is 27.3 Å². The van der Waals surface area contributed by atoms with Gasteiger partial charge < -0.3 is 9.42 Å². The third kappa shape index (κ3) is 2.34. The highest BCUT2D eigenvalue weighted by Gasteiger charge is 2.16. The smallest absolute Gasteiger partial charge is 0.264 e. The number of rotatable bonds is 3. The fourth-order valence-corrected chi connectivity index (χ4v) is 2.87. The van der Waals surface area contributed by atoms with E-state index < -0.39 is 0 Å². The van der Waals surface area contributed by atoms with Gasteiger partial charge in [0.2, 0.25) is 5.89 Å². The quantitative estimate of drug-likeness (QED) is 0.736. The summed E-state index contributed by atoms with van der Waals surface area (Å²) in [6, 6.07) is 9.85. The van der Waals surface area contributed by atoms with Gasteiger partial charge in [0.05, 0.1) is 4.88 Å². The molecule has 1 aromatic carbocycles. The van der Waals surface area contributed by atoms with Crippen LogP contribution in [0.5, 0.6) is 0 Å². The second kappa shape index (κ2) is 4.81. The molecule has 0 N–H and O–H groups in total. The van der Waals surface area contributed by atoms with Crippen LogP contribution in [0.2, 0.25) is 0 Å². The maximum absolute atomic E-state index is 12.3. The lowest BCUT2D eigenvalue weighted by molar-refractivity contribution is 0.0774. The Bertz CT molecular complexity index is 673. The zero-order valence-electron chi connectivity index (χ0n) is 10.2. The molecule has 0 bridgehead atoms. The van der Waals surface area contributed by atoms with Gasteiger partial charge in [-0.05, 0) is 17.5 Å². The Morgan fingerprint density at radius 1 is 1.42 bits per heavy atom. The molecule has 0 radical (unpaired) electrons. The van der Waals surface area contributed by atoms with Crippen LogP contribution in [-0.4, -0.2) is 28.0 Å². The van der Waals surface area contributed by atoms with Crippen LogP contribution in [-0.2, 0) is 6.54 Å². The van der Waals surface area contributed by atoms with E-state index in [4.69, 9.17) is 4.52 Å². The Morgan fingerprint density at radius 2 is 2.26 bits per heavy atom. The van der Waals surface area contributed by atoms with E-state index in [1.807, 2.05) is 30.3 Å². The molecule has 0 aliphatic heterocycles. The number of nitrogens with zero attached hydrogens (tertiary/aromatic N) is 3. The normalized spacial score (nSPS) is 10.8. The van der Waals surface area contributed by atoms with Gasteiger partial charge in [0.1, 0.15) is 6.54 Å². The van der Waals surface area contributed by atoms with Crippen molar-refractivity contribution in [1.29, 1.82) is 0 Å². The van der Waals surface area contributed by atoms with E-state index in [1.165, 1.54) is 17.7 Å². The second-order valence-corrected chi connectivity index (χ2v) is 5.23. The average molecular weight is 273 g/mol. The van der Waals surface area contributed by atoms with E-state index in [2.05, 4.69) is 10.1 Å². The van der Waals surface area contributed by atoms with Crippen molar-refractivity contribution < 1.29 is 9.32 Å². The topological polar surface area (TPSA) is 59.2 Å². The highest BCUT2D eigenvalue weighted by Crippen LogP contribution is 2.26. The molecule has 0 aliphatic carbocycles. The third-order valence-corrected chi connectivity index (χ3v) is 3.87. The summed E-state index contributed by atoms with van der Waals surface area (Å²) in [5.41, 5.74) is 0. The van der Waals surface area contributed by atoms with E-state index in [0.717, 1.165) is 10.1 Å². The fraction of sp³-hybridized carbons (Fsp3) is 0.154. The number of amides is 1. The lowest BCUT2D eigenvalue weighted by atomic mass is 10.2. The molecule has 0 aliphatic rings. The molecular weight excluding hydrogens is 262 g/mol. The van der Waals surface area contributed by atoms with E-state index in [1.54, 1.807) is 11.9 Å². The lowest BCUT2D eigenvalue weighted by Gasteiger charge is -2.12. The van der Waals surface area contributed by atoms with Gasteiger partial charge in [-0.2, -0.15) is 4.98 Å². The molecule has 0 atom stereocenters. The summed E-state index contributed by atoms with van der Waals surface area (Å²) in [6.07, 6.45) is 1.33. The van der Waals surface area contributed by atoms with E-state index in [-0.39, 0.29) is 5.91 Å². The number of carbonyl (C=O) groups is 1. The molecule has 0 fully saturated rings. The minimum atomic E-state index is -0.0422. The van der Waals surface area contributed by atoms with Crippen molar-refractivity contribution in [3.05, 3.63) is 47.4 Å². The predicted molar refractivity (Wildman–Crippen MR) is 71.9 cm³/mol. The summed E-state index contributed by atoms with van der Waals surface area (Å²) in [6.45, 7) is 0.313. The van der Waals surface area contributed by atoms with Crippen LogP contribution in [0.4, 0.5) is 0 Å². The van der Waals surface area contributed by atoms with Crippen LogP contribution >= 0.6 is 11.3 Å². The maximum atomic E-state index is 12.3. The van der Waals surface area contributed by atoms with Gasteiger partial charge in [-0.15, -0.1) is 11.3 Å². The van der Waals surface area contributed by atoms with Gasteiger partial charge in [0.15, 0.2) is 6.33 Å². The Kier molecular flexibility index (Phi) is 3.00. The van der Waals surface area contributed by atoms with Gasteiger partial charge in [-0.1, -0.05) is 23.4 Å². The SMILES string of the molecule is CN(Cc1ncno1)C(=O)c1cc2ccccc2s1. The first-order valence-corrected chi connectivity index (χ1v) is 6.55. The van der Waals surface area contributed by atoms with Gasteiger partial charge >= 0.3 is 0 Å². The maximum Gasteiger partial charge on any atom is 0.264 e. The van der Waals surface area contributed by atoms with Crippen molar-refractivity contribution in [2.24, 2.45) is 0 Å². The van der Waals surface area contributed by atoms with Crippen molar-refractivity contribution in [3.8, 4) is 0 Å². The molecule has 0 spiro atoms. The van der Waals surface area contributed by atoms with Crippen LogP contribution in [0.25, 0.3) is 10.1 Å². The first-order valence-electron chi connectivity index (χ1n) is 5.73. The fourth-order valence-electron chi connectivity index (χ4n) is 1.82. The molecular formula is C13H11N3O2S. The summed E-state index contributed by atoms with van der Waals surface area (Å²) in [4.78, 5) is 18.5. The zero-order valence-corrected chi connectivity index (χ0v) is 11.1. The summed E-state index contributed by atoms with van der Waals surface area (Å²) in [7, 11) is 1.72. The minimum Gasteiger partial charge on any atom is -0.338 e. The van der Waals surface area contributed by atoms with Crippen LogP contribution < -0.4 is 0 Å². The number of hydrogen-bond donors (Lipinski definition) is 0. The lowest BCUT2D eigenvalue weighted by Crippen LogP contribution is -2.25. The Labute approximate surface area is 113 Å². The molecule has 0 saturated heterocycles. The average Bonchev–Trinajstić information content (AvgIpc) is 3.05. The molecule has 2 heterocycles. The van der Waals surface area contributed by atoms with Crippen LogP contribution in [0.3, 0.4) is 0 Å². The highest BCUT2D eigenvalue weighted by atomic mass is 32.1. The molecule has 19 heavy (non-hydrogen) atoms. The number of aromatic nitrogens is 2. The van der Waals surface area contributed by atoms with Gasteiger partial charge in [-0.3, -0.25) is 4.79 Å². The Balaban J connectivity index is 1.82. The van der Waals surface area contributed by atoms with Crippen molar-refractivity contribution in [2.45, 2.75) is 6.54 Å². The number of thiophene rings is 1. The largest absolute Gasteiger partial charge is 0.338 e. The number of carbonyl (C=O) groups excluding carboxylic acids is 1. The third-order valence-electron chi connectivity index (χ3n) is 2.76. The molecule has 0 saturated carbocycles. The molecule has 0 unspecified atom stereocenters. The molecule has 5 nitrogen and oxygen atoms in total. The monoisotopic (exact) mass is 273 g/mol. The number of hydrogen-bond acceptors (Lipinski definition) is 5. The van der Waals surface area contributed by atoms with E-state index in [9.17, 15) is 4.79 Å². The second-order valence-electron chi connectivity index (χ2n) is 4.14. The van der Waals surface area contributed by atoms with Gasteiger partial charge in [-0.25, -0.2) is 0 Å². The number of benzene rings is 1. The molecule has 3 aromatic rings. The summed E-state index contributed by atoms with van der Waals surface area (Å²) < 4.78 is 6.01. The van der Waals surface area contributed by atoms with Crippen molar-refractivity contribution in [3.63, 3.8) is 0 Å². The summed E-state index contributed by atoms with van der Waals surface area (Å²) >= 11 is 1.49. The molecule has 2 aromatic heterocycles. The Morgan fingerprint density at radius 3 is 3.00 bits per heavy atom. The molecule has 6 heteroatoms. The molecule has 3 rings (SSSR count). The molecule has 96 valence electrons. The highest BCUT2D eigenvalue weighted by molar-refractivity contribution is 7.20. The standard InChI is InChI=1S/C13H11N3O2S/c1-16(7-12-14-8-15-18-12)13(17)11-6-9-4-2-3-5-10(9)19-11/h2-6,8H,7H2,1H3. The first-order chi connectivity index (χ1) is 9.24. The Hall–Kier alpha value is -2.21. The first kappa shape index (κ1) is 11.9. The van der Waals surface area contributed by atoms with Crippen molar-refractivity contribution in [1.82, 2.24) is 15.0 Å². The summed E-state index contributed by atoms with van der Waals surface area (Å²) in [5.74, 6) is 0.386. The van der Waals surface area contributed by atoms with Crippen LogP contribution in [0.15, 0.2) is 41.2 Å². The minimum absolute atomic E-state index is 0.0422.